The van der Waals surface area contributed by atoms with E-state index in [4.69, 9.17) is 4.74 Å². The van der Waals surface area contributed by atoms with Gasteiger partial charge in [0.25, 0.3) is 0 Å². The predicted octanol–water partition coefficient (Wildman–Crippen LogP) is 4.27. The highest BCUT2D eigenvalue weighted by molar-refractivity contribution is 6.02. The molecule has 0 aromatic heterocycles. The Morgan fingerprint density at radius 1 is 1.17 bits per heavy atom. The van der Waals surface area contributed by atoms with Gasteiger partial charge in [0, 0.05) is 36.6 Å². The number of carbonyl (C=O) groups excluding carboxylic acids is 1. The Morgan fingerprint density at radius 3 is 2.52 bits per heavy atom. The van der Waals surface area contributed by atoms with Crippen molar-refractivity contribution >= 4 is 23.4 Å². The fraction of sp³-hybridized carbons (Fsp3) is 0.375. The zero-order valence-corrected chi connectivity index (χ0v) is 17.6. The highest BCUT2D eigenvalue weighted by atomic mass is 16.5. The highest BCUT2D eigenvalue weighted by Crippen LogP contribution is 2.24. The number of amides is 1. The first-order chi connectivity index (χ1) is 14.0. The molecule has 0 bridgehead atoms. The second-order valence-electron chi connectivity index (χ2n) is 7.64. The number of likely N-dealkylation sites (N-methyl/N-ethyl adjacent to an activating group) is 1. The van der Waals surface area contributed by atoms with Crippen molar-refractivity contribution in [3.63, 3.8) is 0 Å². The molecule has 2 aromatic rings. The van der Waals surface area contributed by atoms with Crippen LogP contribution >= 0.6 is 0 Å². The van der Waals surface area contributed by atoms with Crippen molar-refractivity contribution in [1.29, 1.82) is 0 Å². The van der Waals surface area contributed by atoms with Gasteiger partial charge in [-0.25, -0.2) is 0 Å². The molecule has 0 saturated carbocycles. The van der Waals surface area contributed by atoms with Gasteiger partial charge in [-0.15, -0.1) is 0 Å². The van der Waals surface area contributed by atoms with Crippen LogP contribution in [0.1, 0.15) is 25.3 Å². The summed E-state index contributed by atoms with van der Waals surface area (Å²) in [6.07, 6.45) is 5.52. The molecule has 3 rings (SSSR count). The SMILES string of the molecule is CCCOc1ccc(/C=C/C(=O)Nc2ccc(N3CCC(N(C)C)C3)cc2)cc1. The van der Waals surface area contributed by atoms with Crippen molar-refractivity contribution < 1.29 is 9.53 Å². The minimum Gasteiger partial charge on any atom is -0.494 e. The maximum absolute atomic E-state index is 12.2. The van der Waals surface area contributed by atoms with Gasteiger partial charge in [0.1, 0.15) is 5.75 Å². The highest BCUT2D eigenvalue weighted by Gasteiger charge is 2.23. The molecule has 154 valence electrons. The van der Waals surface area contributed by atoms with Crippen LogP contribution < -0.4 is 15.0 Å². The number of anilines is 2. The van der Waals surface area contributed by atoms with E-state index < -0.39 is 0 Å². The first-order valence-corrected chi connectivity index (χ1v) is 10.3. The van der Waals surface area contributed by atoms with Gasteiger partial charge in [-0.1, -0.05) is 19.1 Å². The average molecular weight is 394 g/mol. The summed E-state index contributed by atoms with van der Waals surface area (Å²) in [5, 5.41) is 2.92. The van der Waals surface area contributed by atoms with Crippen LogP contribution in [0.25, 0.3) is 6.08 Å². The van der Waals surface area contributed by atoms with Gasteiger partial charge in [-0.05, 0) is 75.0 Å². The predicted molar refractivity (Wildman–Crippen MR) is 121 cm³/mol. The van der Waals surface area contributed by atoms with Gasteiger partial charge in [-0.3, -0.25) is 4.79 Å². The van der Waals surface area contributed by atoms with Crippen LogP contribution in [0.3, 0.4) is 0 Å². The molecule has 1 atom stereocenters. The summed E-state index contributed by atoms with van der Waals surface area (Å²) >= 11 is 0. The first-order valence-electron chi connectivity index (χ1n) is 10.3. The van der Waals surface area contributed by atoms with Gasteiger partial charge in [0.15, 0.2) is 0 Å². The second kappa shape index (κ2) is 10.1. The van der Waals surface area contributed by atoms with Gasteiger partial charge >= 0.3 is 0 Å². The molecule has 29 heavy (non-hydrogen) atoms. The van der Waals surface area contributed by atoms with E-state index in [1.54, 1.807) is 12.2 Å². The Bertz CT molecular complexity index is 813. The molecule has 0 spiro atoms. The van der Waals surface area contributed by atoms with Gasteiger partial charge in [-0.2, -0.15) is 0 Å². The summed E-state index contributed by atoms with van der Waals surface area (Å²) in [4.78, 5) is 16.9. The van der Waals surface area contributed by atoms with E-state index in [1.807, 2.05) is 36.4 Å². The fourth-order valence-corrected chi connectivity index (χ4v) is 3.40. The minimum atomic E-state index is -0.141. The van der Waals surface area contributed by atoms with Crippen LogP contribution in [0.15, 0.2) is 54.6 Å². The smallest absolute Gasteiger partial charge is 0.248 e. The normalized spacial score (nSPS) is 16.6. The lowest BCUT2D eigenvalue weighted by Crippen LogP contribution is -2.31. The maximum atomic E-state index is 12.2. The molecule has 5 heteroatoms. The summed E-state index contributed by atoms with van der Waals surface area (Å²) in [6, 6.07) is 16.4. The van der Waals surface area contributed by atoms with Crippen LogP contribution in [0.5, 0.6) is 5.75 Å². The monoisotopic (exact) mass is 393 g/mol. The topological polar surface area (TPSA) is 44.8 Å². The average Bonchev–Trinajstić information content (AvgIpc) is 3.23. The van der Waals surface area contributed by atoms with Crippen molar-refractivity contribution in [3.8, 4) is 5.75 Å². The largest absolute Gasteiger partial charge is 0.494 e. The summed E-state index contributed by atoms with van der Waals surface area (Å²) in [7, 11) is 4.27. The number of benzene rings is 2. The number of hydrogen-bond donors (Lipinski definition) is 1. The van der Waals surface area contributed by atoms with E-state index in [2.05, 4.69) is 48.3 Å². The Balaban J connectivity index is 1.51. The van der Waals surface area contributed by atoms with E-state index in [-0.39, 0.29) is 5.91 Å². The Labute approximate surface area is 174 Å². The third kappa shape index (κ3) is 6.09. The maximum Gasteiger partial charge on any atom is 0.248 e. The molecule has 0 aliphatic carbocycles. The molecule has 1 aliphatic heterocycles. The molecule has 1 unspecified atom stereocenters. The van der Waals surface area contributed by atoms with Crippen molar-refractivity contribution in [2.45, 2.75) is 25.8 Å². The summed E-state index contributed by atoms with van der Waals surface area (Å²) in [5.41, 5.74) is 2.96. The zero-order chi connectivity index (χ0) is 20.6. The van der Waals surface area contributed by atoms with E-state index in [1.165, 1.54) is 12.1 Å². The van der Waals surface area contributed by atoms with E-state index in [0.29, 0.717) is 12.6 Å². The molecule has 1 aliphatic rings. The number of carbonyl (C=O) groups is 1. The van der Waals surface area contributed by atoms with Crippen molar-refractivity contribution in [1.82, 2.24) is 4.90 Å². The summed E-state index contributed by atoms with van der Waals surface area (Å²) < 4.78 is 5.57. The molecular weight excluding hydrogens is 362 g/mol. The molecule has 1 heterocycles. The number of rotatable bonds is 8. The lowest BCUT2D eigenvalue weighted by atomic mass is 10.2. The number of nitrogens with zero attached hydrogens (tertiary/aromatic N) is 2. The van der Waals surface area contributed by atoms with Crippen LogP contribution in [-0.4, -0.2) is 50.6 Å². The second-order valence-corrected chi connectivity index (χ2v) is 7.64. The van der Waals surface area contributed by atoms with Crippen LogP contribution in [-0.2, 0) is 4.79 Å². The van der Waals surface area contributed by atoms with E-state index >= 15 is 0 Å². The Hall–Kier alpha value is -2.79. The molecule has 5 nitrogen and oxygen atoms in total. The number of nitrogens with one attached hydrogen (secondary N) is 1. The molecular formula is C24H31N3O2. The molecule has 1 saturated heterocycles. The number of ether oxygens (including phenoxy) is 1. The quantitative estimate of drug-likeness (QED) is 0.681. The van der Waals surface area contributed by atoms with Crippen LogP contribution in [0, 0.1) is 0 Å². The van der Waals surface area contributed by atoms with Gasteiger partial charge in [0.05, 0.1) is 6.61 Å². The van der Waals surface area contributed by atoms with E-state index in [9.17, 15) is 4.79 Å². The molecule has 0 radical (unpaired) electrons. The number of hydrogen-bond acceptors (Lipinski definition) is 4. The third-order valence-electron chi connectivity index (χ3n) is 5.17. The Morgan fingerprint density at radius 2 is 1.90 bits per heavy atom. The molecule has 1 fully saturated rings. The summed E-state index contributed by atoms with van der Waals surface area (Å²) in [6.45, 7) is 4.91. The Kier molecular flexibility index (Phi) is 7.30. The van der Waals surface area contributed by atoms with Gasteiger partial charge < -0.3 is 19.9 Å². The molecule has 1 N–H and O–H groups in total. The van der Waals surface area contributed by atoms with Crippen LogP contribution in [0.2, 0.25) is 0 Å². The zero-order valence-electron chi connectivity index (χ0n) is 17.6. The van der Waals surface area contributed by atoms with E-state index in [0.717, 1.165) is 36.5 Å². The first kappa shape index (κ1) is 20.9. The van der Waals surface area contributed by atoms with Crippen molar-refractivity contribution in [2.75, 3.05) is 44.0 Å². The standard InChI is InChI=1S/C24H31N3O2/c1-4-17-29-23-12-5-19(6-13-23)7-14-24(28)25-20-8-10-21(11-9-20)27-16-15-22(18-27)26(2)3/h5-14,22H,4,15-18H2,1-3H3,(H,25,28)/b14-7+. The molecule has 1 amide bonds. The lowest BCUT2D eigenvalue weighted by molar-refractivity contribution is -0.111. The molecule has 2 aromatic carbocycles. The third-order valence-corrected chi connectivity index (χ3v) is 5.17. The summed E-state index contributed by atoms with van der Waals surface area (Å²) in [5.74, 6) is 0.710. The fourth-order valence-electron chi connectivity index (χ4n) is 3.40. The lowest BCUT2D eigenvalue weighted by Gasteiger charge is -2.22. The van der Waals surface area contributed by atoms with Crippen LogP contribution in [0.4, 0.5) is 11.4 Å². The minimum absolute atomic E-state index is 0.141. The van der Waals surface area contributed by atoms with Crippen molar-refractivity contribution in [2.24, 2.45) is 0 Å². The van der Waals surface area contributed by atoms with Gasteiger partial charge in [0.2, 0.25) is 5.91 Å². The van der Waals surface area contributed by atoms with Crippen molar-refractivity contribution in [3.05, 3.63) is 60.2 Å².